The van der Waals surface area contributed by atoms with E-state index < -0.39 is 10.0 Å². The van der Waals surface area contributed by atoms with Crippen LogP contribution in [0.3, 0.4) is 0 Å². The van der Waals surface area contributed by atoms with Gasteiger partial charge in [0.2, 0.25) is 4.80 Å². The van der Waals surface area contributed by atoms with Crippen molar-refractivity contribution in [2.24, 2.45) is 4.40 Å². The monoisotopic (exact) mass is 373 g/mol. The van der Waals surface area contributed by atoms with Crippen molar-refractivity contribution in [3.63, 3.8) is 0 Å². The fraction of sp³-hybridized carbons (Fsp3) is 0.118. The Morgan fingerprint density at radius 3 is 2.32 bits per heavy atom. The lowest BCUT2D eigenvalue weighted by atomic mass is 10.2. The molecule has 1 heterocycles. The van der Waals surface area contributed by atoms with Crippen LogP contribution in [0.25, 0.3) is 5.69 Å². The molecule has 8 heteroatoms. The maximum atomic E-state index is 12.5. The second-order valence-corrected chi connectivity index (χ2v) is 7.93. The van der Waals surface area contributed by atoms with Crippen LogP contribution in [-0.4, -0.2) is 24.0 Å². The Morgan fingerprint density at radius 2 is 1.72 bits per heavy atom. The van der Waals surface area contributed by atoms with E-state index in [1.807, 2.05) is 19.1 Å². The van der Waals surface area contributed by atoms with E-state index in [4.69, 9.17) is 0 Å². The summed E-state index contributed by atoms with van der Waals surface area (Å²) < 4.78 is 30.3. The van der Waals surface area contributed by atoms with Crippen molar-refractivity contribution in [2.45, 2.75) is 18.7 Å². The summed E-state index contributed by atoms with van der Waals surface area (Å²) in [7, 11) is -3.90. The number of aryl methyl sites for hydroxylation is 1. The summed E-state index contributed by atoms with van der Waals surface area (Å²) in [5.74, 6) is -0.246. The maximum Gasteiger partial charge on any atom is 0.285 e. The predicted molar refractivity (Wildman–Crippen MR) is 95.4 cm³/mol. The Morgan fingerprint density at radius 1 is 1.08 bits per heavy atom. The normalized spacial score (nSPS) is 12.3. The van der Waals surface area contributed by atoms with Gasteiger partial charge < -0.3 is 0 Å². The van der Waals surface area contributed by atoms with Gasteiger partial charge in [0.05, 0.1) is 10.6 Å². The number of nitrogens with zero attached hydrogens (tertiary/aromatic N) is 3. The molecule has 0 spiro atoms. The molecule has 0 saturated heterocycles. The first-order valence-electron chi connectivity index (χ1n) is 7.41. The fourth-order valence-corrected chi connectivity index (χ4v) is 4.09. The van der Waals surface area contributed by atoms with Crippen molar-refractivity contribution >= 4 is 27.1 Å². The van der Waals surface area contributed by atoms with E-state index in [0.717, 1.165) is 16.9 Å². The largest absolute Gasteiger partial charge is 0.292 e. The third-order valence-electron chi connectivity index (χ3n) is 3.38. The molecule has 0 saturated carbocycles. The van der Waals surface area contributed by atoms with Gasteiger partial charge in [0.1, 0.15) is 0 Å². The van der Waals surface area contributed by atoms with Crippen LogP contribution in [-0.2, 0) is 10.0 Å². The highest BCUT2D eigenvalue weighted by Crippen LogP contribution is 2.13. The summed E-state index contributed by atoms with van der Waals surface area (Å²) in [6.07, 6.45) is 0. The summed E-state index contributed by atoms with van der Waals surface area (Å²) in [6, 6.07) is 15.3. The summed E-state index contributed by atoms with van der Waals surface area (Å²) in [4.78, 5) is 11.9. The van der Waals surface area contributed by atoms with E-state index in [1.165, 1.54) is 23.7 Å². The third kappa shape index (κ3) is 3.75. The summed E-state index contributed by atoms with van der Waals surface area (Å²) >= 11 is 0.945. The van der Waals surface area contributed by atoms with Crippen LogP contribution in [0.5, 0.6) is 0 Å². The zero-order valence-electron chi connectivity index (χ0n) is 13.6. The molecule has 0 N–H and O–H groups in total. The highest BCUT2D eigenvalue weighted by atomic mass is 32.2. The fourth-order valence-electron chi connectivity index (χ4n) is 2.09. The van der Waals surface area contributed by atoms with Gasteiger partial charge in [-0.3, -0.25) is 4.79 Å². The van der Waals surface area contributed by atoms with Crippen molar-refractivity contribution in [2.75, 3.05) is 0 Å². The molecule has 128 valence electrons. The molecular formula is C17H15N3O3S2. The third-order valence-corrected chi connectivity index (χ3v) is 5.79. The van der Waals surface area contributed by atoms with Gasteiger partial charge in [-0.1, -0.05) is 47.2 Å². The van der Waals surface area contributed by atoms with Gasteiger partial charge in [-0.15, -0.1) is 4.40 Å². The van der Waals surface area contributed by atoms with E-state index in [2.05, 4.69) is 9.50 Å². The maximum absolute atomic E-state index is 12.5. The van der Waals surface area contributed by atoms with Crippen LogP contribution < -0.4 is 4.80 Å². The van der Waals surface area contributed by atoms with Gasteiger partial charge in [0.25, 0.3) is 10.0 Å². The predicted octanol–water partition coefficient (Wildman–Crippen LogP) is 2.73. The van der Waals surface area contributed by atoms with Crippen LogP contribution in [0.15, 0.2) is 63.9 Å². The average Bonchev–Trinajstić information content (AvgIpc) is 3.00. The highest BCUT2D eigenvalue weighted by molar-refractivity contribution is 7.90. The summed E-state index contributed by atoms with van der Waals surface area (Å²) in [6.45, 7) is 3.33. The molecule has 25 heavy (non-hydrogen) atoms. The number of carbonyl (C=O) groups excluding carboxylic acids is 1. The number of rotatable bonds is 4. The lowest BCUT2D eigenvalue weighted by Gasteiger charge is -2.02. The molecule has 3 rings (SSSR count). The molecule has 0 bridgehead atoms. The van der Waals surface area contributed by atoms with Crippen LogP contribution in [0.2, 0.25) is 0 Å². The number of hydrogen-bond acceptors (Lipinski definition) is 5. The zero-order valence-corrected chi connectivity index (χ0v) is 15.2. The van der Waals surface area contributed by atoms with Crippen molar-refractivity contribution in [3.8, 4) is 5.69 Å². The standard InChI is InChI=1S/C17H15N3O3S2/c1-12-8-10-14(11-9-12)20-17(24-16(18-20)13(2)21)19-25(22,23)15-6-4-3-5-7-15/h3-11H,1-2H3/b19-17-. The molecular weight excluding hydrogens is 358 g/mol. The van der Waals surface area contributed by atoms with Crippen LogP contribution >= 0.6 is 11.3 Å². The topological polar surface area (TPSA) is 81.4 Å². The summed E-state index contributed by atoms with van der Waals surface area (Å²) in [5.41, 5.74) is 1.69. The van der Waals surface area contributed by atoms with Crippen LogP contribution in [0.4, 0.5) is 0 Å². The average molecular weight is 373 g/mol. The van der Waals surface area contributed by atoms with Gasteiger partial charge in [0, 0.05) is 6.92 Å². The molecule has 0 fully saturated rings. The molecule has 6 nitrogen and oxygen atoms in total. The van der Waals surface area contributed by atoms with E-state index in [9.17, 15) is 13.2 Å². The number of benzene rings is 2. The Hall–Kier alpha value is -2.58. The number of sulfonamides is 1. The smallest absolute Gasteiger partial charge is 0.285 e. The van der Waals surface area contributed by atoms with Crippen molar-refractivity contribution in [1.29, 1.82) is 0 Å². The van der Waals surface area contributed by atoms with Gasteiger partial charge in [-0.05, 0) is 31.2 Å². The molecule has 0 unspecified atom stereocenters. The minimum absolute atomic E-state index is 0.0863. The number of hydrogen-bond donors (Lipinski definition) is 0. The Balaban J connectivity index is 2.21. The van der Waals surface area contributed by atoms with E-state index in [-0.39, 0.29) is 20.5 Å². The molecule has 0 aliphatic heterocycles. The van der Waals surface area contributed by atoms with Crippen molar-refractivity contribution < 1.29 is 13.2 Å². The first kappa shape index (κ1) is 17.2. The summed E-state index contributed by atoms with van der Waals surface area (Å²) in [5, 5.41) is 4.41. The Labute approximate surface area is 149 Å². The van der Waals surface area contributed by atoms with E-state index in [1.54, 1.807) is 30.3 Å². The van der Waals surface area contributed by atoms with Gasteiger partial charge in [-0.2, -0.15) is 13.5 Å². The van der Waals surface area contributed by atoms with Gasteiger partial charge in [0.15, 0.2) is 10.8 Å². The second-order valence-electron chi connectivity index (χ2n) is 5.37. The number of ketones is 1. The number of aromatic nitrogens is 2. The minimum atomic E-state index is -3.90. The SMILES string of the molecule is CC(=O)c1nn(-c2ccc(C)cc2)/c(=N/S(=O)(=O)c2ccccc2)s1. The zero-order chi connectivity index (χ0) is 18.0. The second kappa shape index (κ2) is 6.73. The van der Waals surface area contributed by atoms with Gasteiger partial charge >= 0.3 is 0 Å². The van der Waals surface area contributed by atoms with Crippen LogP contribution in [0, 0.1) is 6.92 Å². The Bertz CT molecular complexity index is 1080. The van der Waals surface area contributed by atoms with E-state index >= 15 is 0 Å². The number of carbonyl (C=O) groups is 1. The molecule has 0 aliphatic carbocycles. The van der Waals surface area contributed by atoms with Gasteiger partial charge in [-0.25, -0.2) is 4.68 Å². The number of Topliss-reactive ketones (excluding diaryl/α,β-unsaturated/α-hetero) is 1. The van der Waals surface area contributed by atoms with Crippen molar-refractivity contribution in [3.05, 3.63) is 70.0 Å². The lowest BCUT2D eigenvalue weighted by Crippen LogP contribution is -2.17. The van der Waals surface area contributed by atoms with E-state index in [0.29, 0.717) is 5.69 Å². The molecule has 0 radical (unpaired) electrons. The molecule has 1 aromatic heterocycles. The molecule has 3 aromatic rings. The lowest BCUT2D eigenvalue weighted by molar-refractivity contribution is 0.101. The minimum Gasteiger partial charge on any atom is -0.292 e. The molecule has 0 aliphatic rings. The van der Waals surface area contributed by atoms with Crippen LogP contribution in [0.1, 0.15) is 22.3 Å². The quantitative estimate of drug-likeness (QED) is 0.659. The highest BCUT2D eigenvalue weighted by Gasteiger charge is 2.16. The first-order chi connectivity index (χ1) is 11.9. The Kier molecular flexibility index (Phi) is 4.65. The molecule has 0 atom stereocenters. The molecule has 0 amide bonds. The molecule has 2 aromatic carbocycles. The van der Waals surface area contributed by atoms with Crippen molar-refractivity contribution in [1.82, 2.24) is 9.78 Å². The first-order valence-corrected chi connectivity index (χ1v) is 9.67.